The van der Waals surface area contributed by atoms with Crippen molar-refractivity contribution in [2.24, 2.45) is 5.41 Å². The van der Waals surface area contributed by atoms with Crippen LogP contribution in [0.25, 0.3) is 0 Å². The van der Waals surface area contributed by atoms with E-state index in [9.17, 15) is 5.11 Å². The topological polar surface area (TPSA) is 32.3 Å². The molecule has 1 unspecified atom stereocenters. The molecular weight excluding hydrogens is 210 g/mol. The fourth-order valence-electron chi connectivity index (χ4n) is 2.38. The third-order valence-electron chi connectivity index (χ3n) is 4.13. The van der Waals surface area contributed by atoms with Gasteiger partial charge in [0.05, 0.1) is 0 Å². The second-order valence-electron chi connectivity index (χ2n) is 5.29. The van der Waals surface area contributed by atoms with Crippen LogP contribution in [-0.4, -0.2) is 11.7 Å². The SMILES string of the molecule is CCC(NCC1(CC)CC1)c1ccc(O)cc1. The van der Waals surface area contributed by atoms with Gasteiger partial charge in [-0.25, -0.2) is 0 Å². The number of hydrogen-bond donors (Lipinski definition) is 2. The Labute approximate surface area is 104 Å². The molecular formula is C15H23NO. The number of rotatable bonds is 6. The second kappa shape index (κ2) is 5.09. The number of benzene rings is 1. The van der Waals surface area contributed by atoms with E-state index in [0.717, 1.165) is 13.0 Å². The molecule has 1 saturated carbocycles. The maximum absolute atomic E-state index is 9.30. The van der Waals surface area contributed by atoms with Gasteiger partial charge >= 0.3 is 0 Å². The fourth-order valence-corrected chi connectivity index (χ4v) is 2.38. The Bertz CT molecular complexity index is 354. The Morgan fingerprint density at radius 2 is 1.88 bits per heavy atom. The molecule has 1 atom stereocenters. The molecule has 0 saturated heterocycles. The van der Waals surface area contributed by atoms with E-state index in [4.69, 9.17) is 0 Å². The van der Waals surface area contributed by atoms with E-state index in [1.165, 1.54) is 24.8 Å². The number of phenolic OH excluding ortho intramolecular Hbond substituents is 1. The summed E-state index contributed by atoms with van der Waals surface area (Å²) in [6.07, 6.45) is 5.13. The van der Waals surface area contributed by atoms with E-state index in [0.29, 0.717) is 17.2 Å². The van der Waals surface area contributed by atoms with Crippen LogP contribution in [0.15, 0.2) is 24.3 Å². The van der Waals surface area contributed by atoms with Gasteiger partial charge in [-0.15, -0.1) is 0 Å². The summed E-state index contributed by atoms with van der Waals surface area (Å²) in [7, 11) is 0. The molecule has 1 aromatic carbocycles. The van der Waals surface area contributed by atoms with Crippen molar-refractivity contribution < 1.29 is 5.11 Å². The minimum Gasteiger partial charge on any atom is -0.508 e. The lowest BCUT2D eigenvalue weighted by molar-refractivity contribution is 0.398. The first kappa shape index (κ1) is 12.4. The number of nitrogens with one attached hydrogen (secondary N) is 1. The standard InChI is InChI=1S/C15H23NO/c1-3-14(12-5-7-13(17)8-6-12)16-11-15(4-2)9-10-15/h5-8,14,16-17H,3-4,9-11H2,1-2H3. The predicted molar refractivity (Wildman–Crippen MR) is 71.1 cm³/mol. The quantitative estimate of drug-likeness (QED) is 0.786. The predicted octanol–water partition coefficient (Wildman–Crippen LogP) is 3.62. The van der Waals surface area contributed by atoms with Crippen LogP contribution >= 0.6 is 0 Å². The molecule has 0 amide bonds. The van der Waals surface area contributed by atoms with Crippen molar-refractivity contribution in [3.05, 3.63) is 29.8 Å². The lowest BCUT2D eigenvalue weighted by atomic mass is 10.0. The molecule has 0 radical (unpaired) electrons. The Hall–Kier alpha value is -1.02. The summed E-state index contributed by atoms with van der Waals surface area (Å²) in [5.74, 6) is 0.343. The smallest absolute Gasteiger partial charge is 0.115 e. The Morgan fingerprint density at radius 1 is 1.24 bits per heavy atom. The van der Waals surface area contributed by atoms with Crippen molar-refractivity contribution in [2.45, 2.75) is 45.6 Å². The molecule has 2 nitrogen and oxygen atoms in total. The highest BCUT2D eigenvalue weighted by Gasteiger charge is 2.40. The molecule has 2 rings (SSSR count). The zero-order chi connectivity index (χ0) is 12.3. The summed E-state index contributed by atoms with van der Waals surface area (Å²) < 4.78 is 0. The van der Waals surface area contributed by atoms with Gasteiger partial charge in [-0.05, 0) is 48.8 Å². The number of hydrogen-bond acceptors (Lipinski definition) is 2. The van der Waals surface area contributed by atoms with Crippen LogP contribution in [0.3, 0.4) is 0 Å². The summed E-state index contributed by atoms with van der Waals surface area (Å²) in [4.78, 5) is 0. The molecule has 1 fully saturated rings. The van der Waals surface area contributed by atoms with E-state index < -0.39 is 0 Å². The van der Waals surface area contributed by atoms with Crippen molar-refractivity contribution in [1.82, 2.24) is 5.32 Å². The van der Waals surface area contributed by atoms with Crippen LogP contribution in [0.1, 0.15) is 51.1 Å². The number of phenols is 1. The zero-order valence-electron chi connectivity index (χ0n) is 10.9. The summed E-state index contributed by atoms with van der Waals surface area (Å²) >= 11 is 0. The van der Waals surface area contributed by atoms with E-state index >= 15 is 0 Å². The lowest BCUT2D eigenvalue weighted by Gasteiger charge is -2.21. The Morgan fingerprint density at radius 3 is 2.35 bits per heavy atom. The van der Waals surface area contributed by atoms with Gasteiger partial charge in [0.15, 0.2) is 0 Å². The molecule has 0 heterocycles. The zero-order valence-corrected chi connectivity index (χ0v) is 10.9. The van der Waals surface area contributed by atoms with E-state index in [2.05, 4.69) is 19.2 Å². The van der Waals surface area contributed by atoms with Crippen molar-refractivity contribution in [1.29, 1.82) is 0 Å². The average molecular weight is 233 g/mol. The van der Waals surface area contributed by atoms with Crippen LogP contribution in [-0.2, 0) is 0 Å². The highest BCUT2D eigenvalue weighted by atomic mass is 16.3. The largest absolute Gasteiger partial charge is 0.508 e. The van der Waals surface area contributed by atoms with E-state index in [1.807, 2.05) is 12.1 Å². The van der Waals surface area contributed by atoms with Crippen LogP contribution in [0, 0.1) is 5.41 Å². The van der Waals surface area contributed by atoms with Gasteiger partial charge in [-0.1, -0.05) is 26.0 Å². The maximum atomic E-state index is 9.30. The average Bonchev–Trinajstić information content (AvgIpc) is 3.13. The highest BCUT2D eigenvalue weighted by molar-refractivity contribution is 5.28. The van der Waals surface area contributed by atoms with Crippen molar-refractivity contribution >= 4 is 0 Å². The summed E-state index contributed by atoms with van der Waals surface area (Å²) in [5.41, 5.74) is 1.86. The third kappa shape index (κ3) is 3.01. The van der Waals surface area contributed by atoms with Crippen molar-refractivity contribution in [2.75, 3.05) is 6.54 Å². The van der Waals surface area contributed by atoms with Gasteiger partial charge < -0.3 is 10.4 Å². The summed E-state index contributed by atoms with van der Waals surface area (Å²) in [6, 6.07) is 7.99. The van der Waals surface area contributed by atoms with Gasteiger partial charge in [0.25, 0.3) is 0 Å². The van der Waals surface area contributed by atoms with Crippen LogP contribution in [0.2, 0.25) is 0 Å². The second-order valence-corrected chi connectivity index (χ2v) is 5.29. The van der Waals surface area contributed by atoms with Crippen molar-refractivity contribution in [3.8, 4) is 5.75 Å². The fraction of sp³-hybridized carbons (Fsp3) is 0.600. The molecule has 0 aromatic heterocycles. The summed E-state index contributed by atoms with van der Waals surface area (Å²) in [6.45, 7) is 5.62. The van der Waals surface area contributed by atoms with E-state index in [-0.39, 0.29) is 0 Å². The molecule has 1 aliphatic carbocycles. The van der Waals surface area contributed by atoms with E-state index in [1.54, 1.807) is 12.1 Å². The first-order valence-electron chi connectivity index (χ1n) is 6.71. The normalized spacial score (nSPS) is 18.9. The van der Waals surface area contributed by atoms with Gasteiger partial charge in [0.2, 0.25) is 0 Å². The van der Waals surface area contributed by atoms with Gasteiger partial charge in [-0.3, -0.25) is 0 Å². The maximum Gasteiger partial charge on any atom is 0.115 e. The first-order valence-corrected chi connectivity index (χ1v) is 6.71. The monoisotopic (exact) mass is 233 g/mol. The highest BCUT2D eigenvalue weighted by Crippen LogP contribution is 2.48. The molecule has 1 aromatic rings. The molecule has 0 spiro atoms. The molecule has 0 aliphatic heterocycles. The number of aromatic hydroxyl groups is 1. The molecule has 2 N–H and O–H groups in total. The minimum absolute atomic E-state index is 0.343. The molecule has 0 bridgehead atoms. The lowest BCUT2D eigenvalue weighted by Crippen LogP contribution is -2.27. The minimum atomic E-state index is 0.343. The Balaban J connectivity index is 1.94. The van der Waals surface area contributed by atoms with Gasteiger partial charge in [0.1, 0.15) is 5.75 Å². The van der Waals surface area contributed by atoms with Crippen LogP contribution in [0.4, 0.5) is 0 Å². The third-order valence-corrected chi connectivity index (χ3v) is 4.13. The molecule has 17 heavy (non-hydrogen) atoms. The molecule has 94 valence electrons. The molecule has 1 aliphatic rings. The first-order chi connectivity index (χ1) is 8.19. The van der Waals surface area contributed by atoms with Gasteiger partial charge in [-0.2, -0.15) is 0 Å². The van der Waals surface area contributed by atoms with Gasteiger partial charge in [0, 0.05) is 12.6 Å². The molecule has 2 heteroatoms. The summed E-state index contributed by atoms with van der Waals surface area (Å²) in [5, 5.41) is 13.0. The Kier molecular flexibility index (Phi) is 3.72. The van der Waals surface area contributed by atoms with Crippen LogP contribution in [0.5, 0.6) is 5.75 Å². The van der Waals surface area contributed by atoms with Crippen LogP contribution < -0.4 is 5.32 Å². The van der Waals surface area contributed by atoms with Crippen molar-refractivity contribution in [3.63, 3.8) is 0 Å².